The molecular formula is C10H16N2O2. The van der Waals surface area contributed by atoms with Crippen molar-refractivity contribution >= 4 is 12.2 Å². The summed E-state index contributed by atoms with van der Waals surface area (Å²) in [7, 11) is 0. The fourth-order valence-corrected chi connectivity index (χ4v) is 0.903. The van der Waals surface area contributed by atoms with Gasteiger partial charge in [-0.25, -0.2) is 4.79 Å². The molecule has 0 aliphatic heterocycles. The number of carbonyl (C=O) groups excluding carboxylic acids is 1. The smallest absolute Gasteiger partial charge is 0.414 e. The maximum atomic E-state index is 11.0. The van der Waals surface area contributed by atoms with Gasteiger partial charge in [0, 0.05) is 0 Å². The van der Waals surface area contributed by atoms with Crippen molar-refractivity contribution in [1.82, 2.24) is 0 Å². The molecule has 4 nitrogen and oxygen atoms in total. The van der Waals surface area contributed by atoms with Gasteiger partial charge in [0.05, 0.1) is 0 Å². The minimum absolute atomic E-state index is 0.195. The van der Waals surface area contributed by atoms with Crippen molar-refractivity contribution in [1.29, 1.82) is 0 Å². The minimum Gasteiger partial charge on any atom is -0.449 e. The van der Waals surface area contributed by atoms with E-state index in [1.54, 1.807) is 0 Å². The Bertz CT molecular complexity index is 272. The quantitative estimate of drug-likeness (QED) is 0.226. The third kappa shape index (κ3) is 5.27. The Morgan fingerprint density at radius 2 is 2.00 bits per heavy atom. The van der Waals surface area contributed by atoms with E-state index in [1.165, 1.54) is 0 Å². The van der Waals surface area contributed by atoms with E-state index in [4.69, 9.17) is 10.3 Å². The van der Waals surface area contributed by atoms with Crippen LogP contribution in [0.5, 0.6) is 0 Å². The topological polar surface area (TPSA) is 62.7 Å². The number of hydrogen-bond donors (Lipinski definition) is 0. The molecule has 0 aromatic carbocycles. The van der Waals surface area contributed by atoms with Crippen LogP contribution < -0.4 is 0 Å². The summed E-state index contributed by atoms with van der Waals surface area (Å²) in [6, 6.07) is 0. The monoisotopic (exact) mass is 196 g/mol. The standard InChI is InChI=1S/C10H16N2O2/c1-7(2)5-9(8(3)4)14-10(13)6-12-11/h5-6,8-9H,1-4H3. The molecule has 1 unspecified atom stereocenters. The first-order chi connectivity index (χ1) is 6.47. The van der Waals surface area contributed by atoms with Crippen LogP contribution in [0.25, 0.3) is 5.53 Å². The van der Waals surface area contributed by atoms with Crippen LogP contribution in [-0.2, 0) is 9.53 Å². The van der Waals surface area contributed by atoms with E-state index < -0.39 is 5.97 Å². The van der Waals surface area contributed by atoms with E-state index in [0.29, 0.717) is 0 Å². The highest BCUT2D eigenvalue weighted by molar-refractivity contribution is 6.20. The molecule has 0 spiro atoms. The van der Waals surface area contributed by atoms with Crippen LogP contribution in [0.4, 0.5) is 0 Å². The lowest BCUT2D eigenvalue weighted by molar-refractivity contribution is -0.143. The van der Waals surface area contributed by atoms with Gasteiger partial charge in [-0.3, -0.25) is 0 Å². The van der Waals surface area contributed by atoms with Crippen LogP contribution in [0.3, 0.4) is 0 Å². The van der Waals surface area contributed by atoms with Crippen LogP contribution in [0.2, 0.25) is 0 Å². The first-order valence-electron chi connectivity index (χ1n) is 4.50. The zero-order valence-electron chi connectivity index (χ0n) is 9.02. The number of esters is 1. The molecule has 1 atom stereocenters. The van der Waals surface area contributed by atoms with Crippen LogP contribution in [-0.4, -0.2) is 23.1 Å². The van der Waals surface area contributed by atoms with Crippen molar-refractivity contribution in [2.24, 2.45) is 5.92 Å². The number of hydrogen-bond acceptors (Lipinski definition) is 2. The second kappa shape index (κ2) is 6.11. The van der Waals surface area contributed by atoms with Crippen molar-refractivity contribution in [2.45, 2.75) is 33.8 Å². The molecule has 4 heteroatoms. The van der Waals surface area contributed by atoms with Gasteiger partial charge < -0.3 is 10.3 Å². The molecule has 0 heterocycles. The van der Waals surface area contributed by atoms with E-state index in [2.05, 4.69) is 4.79 Å². The van der Waals surface area contributed by atoms with Crippen molar-refractivity contribution in [3.63, 3.8) is 0 Å². The molecule has 0 bridgehead atoms. The normalized spacial score (nSPS) is 11.5. The first kappa shape index (κ1) is 12.6. The molecule has 0 aliphatic rings. The number of ether oxygens (including phenoxy) is 1. The highest BCUT2D eigenvalue weighted by Crippen LogP contribution is 2.10. The Balaban J connectivity index is 4.46. The largest absolute Gasteiger partial charge is 0.449 e. The third-order valence-corrected chi connectivity index (χ3v) is 1.57. The van der Waals surface area contributed by atoms with Gasteiger partial charge in [-0.2, -0.15) is 4.79 Å². The molecular weight excluding hydrogens is 180 g/mol. The Morgan fingerprint density at radius 3 is 2.36 bits per heavy atom. The van der Waals surface area contributed by atoms with Crippen LogP contribution >= 0.6 is 0 Å². The average molecular weight is 196 g/mol. The molecule has 0 amide bonds. The lowest BCUT2D eigenvalue weighted by atomic mass is 10.1. The van der Waals surface area contributed by atoms with Gasteiger partial charge in [-0.05, 0) is 25.8 Å². The van der Waals surface area contributed by atoms with E-state index in [-0.39, 0.29) is 12.0 Å². The molecule has 0 aliphatic carbocycles. The van der Waals surface area contributed by atoms with Crippen LogP contribution in [0.15, 0.2) is 11.6 Å². The van der Waals surface area contributed by atoms with Gasteiger partial charge in [0.2, 0.25) is 0 Å². The van der Waals surface area contributed by atoms with E-state index in [0.717, 1.165) is 11.8 Å². The predicted octanol–water partition coefficient (Wildman–Crippen LogP) is 1.82. The third-order valence-electron chi connectivity index (χ3n) is 1.57. The summed E-state index contributed by atoms with van der Waals surface area (Å²) in [6.45, 7) is 7.77. The molecule has 0 N–H and O–H groups in total. The second-order valence-corrected chi connectivity index (χ2v) is 3.63. The van der Waals surface area contributed by atoms with E-state index in [1.807, 2.05) is 33.8 Å². The summed E-state index contributed by atoms with van der Waals surface area (Å²) in [5.41, 5.74) is 9.20. The maximum absolute atomic E-state index is 11.0. The van der Waals surface area contributed by atoms with Crippen LogP contribution in [0, 0.1) is 5.92 Å². The molecule has 14 heavy (non-hydrogen) atoms. The van der Waals surface area contributed by atoms with E-state index >= 15 is 0 Å². The van der Waals surface area contributed by atoms with Gasteiger partial charge in [-0.1, -0.05) is 19.4 Å². The minimum atomic E-state index is -0.635. The van der Waals surface area contributed by atoms with E-state index in [9.17, 15) is 4.79 Å². The number of allylic oxidation sites excluding steroid dienone is 1. The van der Waals surface area contributed by atoms with Crippen LogP contribution in [0.1, 0.15) is 27.7 Å². The summed E-state index contributed by atoms with van der Waals surface area (Å²) < 4.78 is 5.04. The SMILES string of the molecule is CC(C)=CC(OC(=O)C=[N+]=[N-])C(C)C. The number of carbonyl (C=O) groups is 1. The van der Waals surface area contributed by atoms with Crippen molar-refractivity contribution in [3.8, 4) is 0 Å². The highest BCUT2D eigenvalue weighted by atomic mass is 16.5. The summed E-state index contributed by atoms with van der Waals surface area (Å²) >= 11 is 0. The second-order valence-electron chi connectivity index (χ2n) is 3.63. The number of rotatable bonds is 4. The van der Waals surface area contributed by atoms with Gasteiger partial charge in [0.1, 0.15) is 6.10 Å². The Morgan fingerprint density at radius 1 is 1.43 bits per heavy atom. The zero-order chi connectivity index (χ0) is 11.1. The molecule has 0 aromatic heterocycles. The first-order valence-corrected chi connectivity index (χ1v) is 4.50. The van der Waals surface area contributed by atoms with Crippen molar-refractivity contribution in [3.05, 3.63) is 17.2 Å². The molecule has 78 valence electrons. The fraction of sp³-hybridized carbons (Fsp3) is 0.600. The van der Waals surface area contributed by atoms with Gasteiger partial charge in [0.15, 0.2) is 0 Å². The predicted molar refractivity (Wildman–Crippen MR) is 53.8 cm³/mol. The summed E-state index contributed by atoms with van der Waals surface area (Å²) in [5, 5.41) is 0. The Labute approximate surface area is 84.2 Å². The van der Waals surface area contributed by atoms with Crippen molar-refractivity contribution < 1.29 is 14.3 Å². The lowest BCUT2D eigenvalue weighted by Gasteiger charge is -2.16. The molecule has 0 aromatic rings. The zero-order valence-corrected chi connectivity index (χ0v) is 9.02. The average Bonchev–Trinajstić information content (AvgIpc) is 2.02. The summed E-state index contributed by atoms with van der Waals surface area (Å²) in [5.74, 6) is -0.440. The molecule has 0 rings (SSSR count). The van der Waals surface area contributed by atoms with Crippen molar-refractivity contribution in [2.75, 3.05) is 0 Å². The molecule has 0 saturated heterocycles. The molecule has 0 fully saturated rings. The van der Waals surface area contributed by atoms with Gasteiger partial charge in [0.25, 0.3) is 0 Å². The number of nitrogens with zero attached hydrogens (tertiary/aromatic N) is 2. The lowest BCUT2D eigenvalue weighted by Crippen LogP contribution is -2.22. The molecule has 0 radical (unpaired) electrons. The summed E-state index contributed by atoms with van der Waals surface area (Å²) in [6.07, 6.45) is 2.34. The Kier molecular flexibility index (Phi) is 5.49. The van der Waals surface area contributed by atoms with Gasteiger partial charge in [-0.15, -0.1) is 0 Å². The fourth-order valence-electron chi connectivity index (χ4n) is 0.903. The highest BCUT2D eigenvalue weighted by Gasteiger charge is 2.16. The summed E-state index contributed by atoms with van der Waals surface area (Å²) in [4.78, 5) is 13.6. The van der Waals surface area contributed by atoms with Gasteiger partial charge >= 0.3 is 12.2 Å². The molecule has 0 saturated carbocycles. The maximum Gasteiger partial charge on any atom is 0.414 e. The Hall–Kier alpha value is -1.41.